The van der Waals surface area contributed by atoms with Crippen LogP contribution in [0.15, 0.2) is 42.6 Å². The van der Waals surface area contributed by atoms with Gasteiger partial charge in [-0.15, -0.1) is 0 Å². The van der Waals surface area contributed by atoms with Crippen LogP contribution in [0.3, 0.4) is 0 Å². The molecule has 2 fully saturated rings. The first-order valence-corrected chi connectivity index (χ1v) is 10.8. The molecular formula is C23H25N5O4. The molecule has 1 aromatic carbocycles. The first-order valence-electron chi connectivity index (χ1n) is 10.8. The van der Waals surface area contributed by atoms with Gasteiger partial charge in [-0.1, -0.05) is 18.2 Å². The van der Waals surface area contributed by atoms with Gasteiger partial charge in [0.15, 0.2) is 0 Å². The summed E-state index contributed by atoms with van der Waals surface area (Å²) < 4.78 is 13.0. The molecule has 0 aliphatic carbocycles. The average Bonchev–Trinajstić information content (AvgIpc) is 3.28. The number of carbonyl (C=O) groups excluding carboxylic acids is 2. The summed E-state index contributed by atoms with van der Waals surface area (Å²) in [6.07, 6.45) is 1.20. The lowest BCUT2D eigenvalue weighted by atomic mass is 10.0. The van der Waals surface area contributed by atoms with Gasteiger partial charge >= 0.3 is 0 Å². The van der Waals surface area contributed by atoms with Crippen LogP contribution in [0, 0.1) is 0 Å². The van der Waals surface area contributed by atoms with Crippen molar-refractivity contribution in [2.24, 2.45) is 7.05 Å². The Hall–Kier alpha value is -3.30. The molecule has 5 rings (SSSR count). The zero-order valence-electron chi connectivity index (χ0n) is 17.9. The monoisotopic (exact) mass is 435 g/mol. The van der Waals surface area contributed by atoms with E-state index in [1.54, 1.807) is 28.9 Å². The Bertz CT molecular complexity index is 1150. The van der Waals surface area contributed by atoms with Crippen molar-refractivity contribution >= 4 is 22.7 Å². The number of para-hydroxylation sites is 1. The number of hydrogen-bond donors (Lipinski definition) is 0. The van der Waals surface area contributed by atoms with E-state index in [0.29, 0.717) is 63.0 Å². The highest BCUT2D eigenvalue weighted by Crippen LogP contribution is 2.27. The fourth-order valence-electron chi connectivity index (χ4n) is 4.23. The third kappa shape index (κ3) is 3.85. The predicted molar refractivity (Wildman–Crippen MR) is 116 cm³/mol. The number of hydrogen-bond acceptors (Lipinski definition) is 6. The fraction of sp³-hybridized carbons (Fsp3) is 0.391. The van der Waals surface area contributed by atoms with Crippen molar-refractivity contribution in [2.75, 3.05) is 46.0 Å². The fourth-order valence-corrected chi connectivity index (χ4v) is 4.23. The SMILES string of the molecule is Cn1nccc1C(=O)N1CCO[C@@H](c2cc(C(=O)N3CCOCC3)c3ccccc3n2)C1. The number of benzene rings is 1. The molecule has 2 saturated heterocycles. The number of fused-ring (bicyclic) bond motifs is 1. The van der Waals surface area contributed by atoms with Crippen LogP contribution < -0.4 is 0 Å². The lowest BCUT2D eigenvalue weighted by Gasteiger charge is -2.33. The molecule has 166 valence electrons. The molecule has 2 amide bonds. The molecule has 0 bridgehead atoms. The van der Waals surface area contributed by atoms with E-state index in [1.807, 2.05) is 35.2 Å². The number of aryl methyl sites for hydroxylation is 1. The molecule has 9 nitrogen and oxygen atoms in total. The highest BCUT2D eigenvalue weighted by molar-refractivity contribution is 6.06. The molecule has 2 aliphatic heterocycles. The summed E-state index contributed by atoms with van der Waals surface area (Å²) in [4.78, 5) is 34.7. The second-order valence-corrected chi connectivity index (χ2v) is 7.97. The molecular weight excluding hydrogens is 410 g/mol. The van der Waals surface area contributed by atoms with Gasteiger partial charge in [0, 0.05) is 38.3 Å². The molecule has 0 unspecified atom stereocenters. The average molecular weight is 435 g/mol. The largest absolute Gasteiger partial charge is 0.378 e. The van der Waals surface area contributed by atoms with Crippen LogP contribution in [0.1, 0.15) is 32.6 Å². The van der Waals surface area contributed by atoms with E-state index in [-0.39, 0.29) is 11.8 Å². The molecule has 1 atom stereocenters. The number of ether oxygens (including phenoxy) is 2. The topological polar surface area (TPSA) is 89.8 Å². The van der Waals surface area contributed by atoms with Crippen molar-refractivity contribution in [3.63, 3.8) is 0 Å². The Labute approximate surface area is 185 Å². The van der Waals surface area contributed by atoms with Crippen molar-refractivity contribution in [2.45, 2.75) is 6.10 Å². The standard InChI is InChI=1S/C23H25N5O4/c1-26-20(6-7-24-26)23(30)28-10-13-32-21(15-28)19-14-17(16-4-2-3-5-18(16)25-19)22(29)27-8-11-31-12-9-27/h2-7,14,21H,8-13,15H2,1H3/t21-/m1/s1. The minimum absolute atomic E-state index is 0.0354. The summed E-state index contributed by atoms with van der Waals surface area (Å²) in [7, 11) is 1.75. The zero-order valence-corrected chi connectivity index (χ0v) is 17.9. The van der Waals surface area contributed by atoms with Gasteiger partial charge < -0.3 is 19.3 Å². The summed E-state index contributed by atoms with van der Waals surface area (Å²) in [5, 5.41) is 4.91. The molecule has 2 aliphatic rings. The van der Waals surface area contributed by atoms with Crippen molar-refractivity contribution in [3.8, 4) is 0 Å². The van der Waals surface area contributed by atoms with Gasteiger partial charge in [-0.3, -0.25) is 14.3 Å². The molecule has 3 aromatic rings. The van der Waals surface area contributed by atoms with Crippen molar-refractivity contribution in [1.29, 1.82) is 0 Å². The number of morpholine rings is 2. The lowest BCUT2D eigenvalue weighted by Crippen LogP contribution is -2.43. The summed E-state index contributed by atoms with van der Waals surface area (Å²) >= 11 is 0. The van der Waals surface area contributed by atoms with E-state index in [1.165, 1.54) is 0 Å². The Morgan fingerprint density at radius 3 is 2.56 bits per heavy atom. The summed E-state index contributed by atoms with van der Waals surface area (Å²) in [6, 6.07) is 11.2. The molecule has 0 radical (unpaired) electrons. The minimum Gasteiger partial charge on any atom is -0.378 e. The van der Waals surface area contributed by atoms with Gasteiger partial charge in [-0.25, -0.2) is 4.98 Å². The van der Waals surface area contributed by atoms with E-state index < -0.39 is 6.10 Å². The Balaban J connectivity index is 1.46. The second-order valence-electron chi connectivity index (χ2n) is 7.97. The summed E-state index contributed by atoms with van der Waals surface area (Å²) in [5.41, 5.74) is 2.52. The van der Waals surface area contributed by atoms with Crippen LogP contribution >= 0.6 is 0 Å². The smallest absolute Gasteiger partial charge is 0.272 e. The predicted octanol–water partition coefficient (Wildman–Crippen LogP) is 1.65. The van der Waals surface area contributed by atoms with Gasteiger partial charge in [-0.05, 0) is 18.2 Å². The number of amides is 2. The molecule has 9 heteroatoms. The quantitative estimate of drug-likeness (QED) is 0.622. The van der Waals surface area contributed by atoms with Crippen LogP contribution in [0.4, 0.5) is 0 Å². The van der Waals surface area contributed by atoms with E-state index in [4.69, 9.17) is 14.5 Å². The normalized spacial score (nSPS) is 19.3. The van der Waals surface area contributed by atoms with Gasteiger partial charge in [0.05, 0.1) is 43.1 Å². The van der Waals surface area contributed by atoms with E-state index in [9.17, 15) is 9.59 Å². The maximum Gasteiger partial charge on any atom is 0.272 e. The Morgan fingerprint density at radius 1 is 1.00 bits per heavy atom. The molecule has 4 heterocycles. The first kappa shape index (κ1) is 20.6. The van der Waals surface area contributed by atoms with Gasteiger partial charge in [0.2, 0.25) is 0 Å². The highest BCUT2D eigenvalue weighted by atomic mass is 16.5. The van der Waals surface area contributed by atoms with Crippen LogP contribution in [-0.2, 0) is 16.5 Å². The van der Waals surface area contributed by atoms with Crippen molar-refractivity contribution in [1.82, 2.24) is 24.6 Å². The Kier molecular flexibility index (Phi) is 5.59. The molecule has 32 heavy (non-hydrogen) atoms. The Morgan fingerprint density at radius 2 is 1.78 bits per heavy atom. The maximum atomic E-state index is 13.3. The molecule has 0 saturated carbocycles. The van der Waals surface area contributed by atoms with E-state index >= 15 is 0 Å². The molecule has 2 aromatic heterocycles. The first-order chi connectivity index (χ1) is 15.6. The minimum atomic E-state index is -0.415. The number of rotatable bonds is 3. The molecule has 0 spiro atoms. The third-order valence-corrected chi connectivity index (χ3v) is 5.99. The molecule has 0 N–H and O–H groups in total. The van der Waals surface area contributed by atoms with Crippen LogP contribution in [0.25, 0.3) is 10.9 Å². The van der Waals surface area contributed by atoms with Gasteiger partial charge in [0.1, 0.15) is 11.8 Å². The number of nitrogens with zero attached hydrogens (tertiary/aromatic N) is 5. The van der Waals surface area contributed by atoms with Crippen LogP contribution in [0.2, 0.25) is 0 Å². The van der Waals surface area contributed by atoms with Crippen molar-refractivity contribution in [3.05, 3.63) is 59.5 Å². The lowest BCUT2D eigenvalue weighted by molar-refractivity contribution is -0.0249. The van der Waals surface area contributed by atoms with E-state index in [2.05, 4.69) is 5.10 Å². The zero-order chi connectivity index (χ0) is 22.1. The number of aromatic nitrogens is 3. The maximum absolute atomic E-state index is 13.3. The van der Waals surface area contributed by atoms with Gasteiger partial charge in [0.25, 0.3) is 11.8 Å². The summed E-state index contributed by atoms with van der Waals surface area (Å²) in [6.45, 7) is 3.47. The second kappa shape index (κ2) is 8.68. The van der Waals surface area contributed by atoms with Gasteiger partial charge in [-0.2, -0.15) is 5.10 Å². The third-order valence-electron chi connectivity index (χ3n) is 5.99. The number of pyridine rings is 1. The van der Waals surface area contributed by atoms with Crippen LogP contribution in [0.5, 0.6) is 0 Å². The highest BCUT2D eigenvalue weighted by Gasteiger charge is 2.30. The number of carbonyl (C=O) groups is 2. The summed E-state index contributed by atoms with van der Waals surface area (Å²) in [5.74, 6) is -0.129. The van der Waals surface area contributed by atoms with Crippen molar-refractivity contribution < 1.29 is 19.1 Å². The van der Waals surface area contributed by atoms with Crippen LogP contribution in [-0.4, -0.2) is 82.4 Å². The van der Waals surface area contributed by atoms with E-state index in [0.717, 1.165) is 10.9 Å².